The number of rotatable bonds is 3. The van der Waals surface area contributed by atoms with Gasteiger partial charge in [0.15, 0.2) is 0 Å². The van der Waals surface area contributed by atoms with Crippen LogP contribution in [-0.2, 0) is 4.79 Å². The second kappa shape index (κ2) is 3.44. The van der Waals surface area contributed by atoms with E-state index < -0.39 is 0 Å². The average Bonchev–Trinajstić information content (AvgIpc) is 2.82. The van der Waals surface area contributed by atoms with Crippen molar-refractivity contribution in [2.45, 2.75) is 38.8 Å². The average molecular weight is 170 g/mol. The SMILES string of the molecule is CC(N)C(C)C(=O)N(C)C1CC1. The third kappa shape index (κ3) is 1.97. The van der Waals surface area contributed by atoms with E-state index >= 15 is 0 Å². The molecule has 1 fully saturated rings. The van der Waals surface area contributed by atoms with Crippen LogP contribution >= 0.6 is 0 Å². The molecule has 0 saturated heterocycles. The van der Waals surface area contributed by atoms with Gasteiger partial charge in [-0.05, 0) is 19.8 Å². The molecule has 2 unspecified atom stereocenters. The van der Waals surface area contributed by atoms with Gasteiger partial charge in [0.05, 0.1) is 5.92 Å². The van der Waals surface area contributed by atoms with Gasteiger partial charge in [0.25, 0.3) is 0 Å². The predicted molar refractivity (Wildman–Crippen MR) is 48.6 cm³/mol. The molecule has 0 bridgehead atoms. The molecule has 2 atom stereocenters. The van der Waals surface area contributed by atoms with Gasteiger partial charge in [-0.2, -0.15) is 0 Å². The van der Waals surface area contributed by atoms with Crippen LogP contribution in [0.4, 0.5) is 0 Å². The van der Waals surface area contributed by atoms with Crippen LogP contribution in [0.5, 0.6) is 0 Å². The Bertz CT molecular complexity index is 165. The first-order valence-corrected chi connectivity index (χ1v) is 4.56. The van der Waals surface area contributed by atoms with Crippen LogP contribution in [0.15, 0.2) is 0 Å². The molecule has 70 valence electrons. The zero-order valence-electron chi connectivity index (χ0n) is 8.08. The highest BCUT2D eigenvalue weighted by Gasteiger charge is 2.32. The fraction of sp³-hybridized carbons (Fsp3) is 0.889. The van der Waals surface area contributed by atoms with E-state index in [0.29, 0.717) is 6.04 Å². The summed E-state index contributed by atoms with van der Waals surface area (Å²) < 4.78 is 0. The first-order valence-electron chi connectivity index (χ1n) is 4.56. The van der Waals surface area contributed by atoms with Gasteiger partial charge >= 0.3 is 0 Å². The molecule has 0 aromatic heterocycles. The Labute approximate surface area is 73.9 Å². The van der Waals surface area contributed by atoms with Crippen molar-refractivity contribution in [3.8, 4) is 0 Å². The standard InChI is InChI=1S/C9H18N2O/c1-6(7(2)10)9(12)11(3)8-4-5-8/h6-8H,4-5,10H2,1-3H3. The van der Waals surface area contributed by atoms with E-state index in [0.717, 1.165) is 12.8 Å². The van der Waals surface area contributed by atoms with E-state index in [1.54, 1.807) is 0 Å². The monoisotopic (exact) mass is 170 g/mol. The van der Waals surface area contributed by atoms with Crippen LogP contribution in [0.2, 0.25) is 0 Å². The molecule has 1 amide bonds. The number of carbonyl (C=O) groups excluding carboxylic acids is 1. The Hall–Kier alpha value is -0.570. The van der Waals surface area contributed by atoms with Crippen LogP contribution in [0.3, 0.4) is 0 Å². The summed E-state index contributed by atoms with van der Waals surface area (Å²) >= 11 is 0. The lowest BCUT2D eigenvalue weighted by molar-refractivity contribution is -0.134. The van der Waals surface area contributed by atoms with E-state index in [1.807, 2.05) is 25.8 Å². The summed E-state index contributed by atoms with van der Waals surface area (Å²) in [7, 11) is 1.87. The van der Waals surface area contributed by atoms with Crippen LogP contribution in [0.1, 0.15) is 26.7 Å². The fourth-order valence-corrected chi connectivity index (χ4v) is 1.19. The quantitative estimate of drug-likeness (QED) is 0.674. The summed E-state index contributed by atoms with van der Waals surface area (Å²) in [6.07, 6.45) is 2.32. The van der Waals surface area contributed by atoms with Crippen molar-refractivity contribution in [2.75, 3.05) is 7.05 Å². The Morgan fingerprint density at radius 1 is 1.50 bits per heavy atom. The molecule has 3 heteroatoms. The van der Waals surface area contributed by atoms with Crippen LogP contribution in [0, 0.1) is 5.92 Å². The third-order valence-corrected chi connectivity index (χ3v) is 2.62. The molecule has 0 aliphatic heterocycles. The molecular formula is C9H18N2O. The van der Waals surface area contributed by atoms with E-state index in [-0.39, 0.29) is 17.9 Å². The molecule has 12 heavy (non-hydrogen) atoms. The summed E-state index contributed by atoms with van der Waals surface area (Å²) in [5.41, 5.74) is 5.65. The van der Waals surface area contributed by atoms with Crippen LogP contribution in [-0.4, -0.2) is 29.9 Å². The smallest absolute Gasteiger partial charge is 0.226 e. The third-order valence-electron chi connectivity index (χ3n) is 2.62. The maximum Gasteiger partial charge on any atom is 0.226 e. The highest BCUT2D eigenvalue weighted by molar-refractivity contribution is 5.79. The molecule has 1 rings (SSSR count). The minimum Gasteiger partial charge on any atom is -0.342 e. The van der Waals surface area contributed by atoms with Crippen molar-refractivity contribution >= 4 is 5.91 Å². The predicted octanol–water partition coefficient (Wildman–Crippen LogP) is 0.590. The van der Waals surface area contributed by atoms with Crippen LogP contribution < -0.4 is 5.73 Å². The van der Waals surface area contributed by atoms with E-state index in [2.05, 4.69) is 0 Å². The molecule has 0 aromatic carbocycles. The van der Waals surface area contributed by atoms with Gasteiger partial charge in [0, 0.05) is 19.1 Å². The molecule has 2 N–H and O–H groups in total. The minimum atomic E-state index is -0.0457. The maximum atomic E-state index is 11.6. The number of amides is 1. The molecule has 3 nitrogen and oxygen atoms in total. The normalized spacial score (nSPS) is 21.7. The lowest BCUT2D eigenvalue weighted by atomic mass is 10.0. The zero-order valence-corrected chi connectivity index (χ0v) is 8.08. The Kier molecular flexibility index (Phi) is 2.73. The molecule has 0 spiro atoms. The van der Waals surface area contributed by atoms with Gasteiger partial charge in [0.2, 0.25) is 5.91 Å². The number of hydrogen-bond acceptors (Lipinski definition) is 2. The topological polar surface area (TPSA) is 46.3 Å². The second-order valence-corrected chi connectivity index (χ2v) is 3.83. The summed E-state index contributed by atoms with van der Waals surface area (Å²) in [5.74, 6) is 0.142. The number of nitrogens with zero attached hydrogens (tertiary/aromatic N) is 1. The summed E-state index contributed by atoms with van der Waals surface area (Å²) in [6, 6.07) is 0.456. The lowest BCUT2D eigenvalue weighted by Gasteiger charge is -2.22. The maximum absolute atomic E-state index is 11.6. The Balaban J connectivity index is 2.44. The van der Waals surface area contributed by atoms with Crippen molar-refractivity contribution in [1.82, 2.24) is 4.90 Å². The van der Waals surface area contributed by atoms with E-state index in [9.17, 15) is 4.79 Å². The molecule has 1 aliphatic rings. The van der Waals surface area contributed by atoms with Crippen molar-refractivity contribution < 1.29 is 4.79 Å². The first kappa shape index (κ1) is 9.52. The van der Waals surface area contributed by atoms with E-state index in [4.69, 9.17) is 5.73 Å². The highest BCUT2D eigenvalue weighted by atomic mass is 16.2. The van der Waals surface area contributed by atoms with Gasteiger partial charge in [0.1, 0.15) is 0 Å². The molecule has 1 saturated carbocycles. The Morgan fingerprint density at radius 3 is 2.33 bits per heavy atom. The number of carbonyl (C=O) groups is 1. The van der Waals surface area contributed by atoms with Crippen molar-refractivity contribution in [3.63, 3.8) is 0 Å². The highest BCUT2D eigenvalue weighted by Crippen LogP contribution is 2.26. The summed E-state index contributed by atoms with van der Waals surface area (Å²) in [6.45, 7) is 3.77. The van der Waals surface area contributed by atoms with Gasteiger partial charge in [-0.3, -0.25) is 4.79 Å². The van der Waals surface area contributed by atoms with Crippen molar-refractivity contribution in [2.24, 2.45) is 11.7 Å². The van der Waals surface area contributed by atoms with E-state index in [1.165, 1.54) is 0 Å². The van der Waals surface area contributed by atoms with Gasteiger partial charge in [-0.1, -0.05) is 6.92 Å². The molecule has 0 heterocycles. The zero-order chi connectivity index (χ0) is 9.30. The lowest BCUT2D eigenvalue weighted by Crippen LogP contribution is -2.40. The Morgan fingerprint density at radius 2 is 2.00 bits per heavy atom. The first-order chi connectivity index (χ1) is 5.54. The molecule has 1 aliphatic carbocycles. The van der Waals surface area contributed by atoms with Crippen molar-refractivity contribution in [3.05, 3.63) is 0 Å². The van der Waals surface area contributed by atoms with Gasteiger partial charge < -0.3 is 10.6 Å². The molecular weight excluding hydrogens is 152 g/mol. The minimum absolute atomic E-state index is 0.0429. The van der Waals surface area contributed by atoms with Crippen molar-refractivity contribution in [1.29, 1.82) is 0 Å². The fourth-order valence-electron chi connectivity index (χ4n) is 1.19. The largest absolute Gasteiger partial charge is 0.342 e. The summed E-state index contributed by atoms with van der Waals surface area (Å²) in [4.78, 5) is 13.5. The second-order valence-electron chi connectivity index (χ2n) is 3.83. The number of hydrogen-bond donors (Lipinski definition) is 1. The molecule has 0 aromatic rings. The summed E-state index contributed by atoms with van der Waals surface area (Å²) in [5, 5.41) is 0. The van der Waals surface area contributed by atoms with Gasteiger partial charge in [-0.15, -0.1) is 0 Å². The molecule has 0 radical (unpaired) electrons. The van der Waals surface area contributed by atoms with Crippen LogP contribution in [0.25, 0.3) is 0 Å². The number of nitrogens with two attached hydrogens (primary N) is 1. The van der Waals surface area contributed by atoms with Gasteiger partial charge in [-0.25, -0.2) is 0 Å².